The van der Waals surface area contributed by atoms with E-state index in [4.69, 9.17) is 0 Å². The molecule has 0 saturated carbocycles. The first-order valence-electron chi connectivity index (χ1n) is 8.81. The van der Waals surface area contributed by atoms with Gasteiger partial charge in [-0.15, -0.1) is 11.3 Å². The van der Waals surface area contributed by atoms with Gasteiger partial charge in [-0.2, -0.15) is 9.40 Å². The highest BCUT2D eigenvalue weighted by Crippen LogP contribution is 2.29. The molecular formula is C18H19N5O3S2. The average Bonchev–Trinajstić information content (AvgIpc) is 3.43. The zero-order valence-corrected chi connectivity index (χ0v) is 16.6. The summed E-state index contributed by atoms with van der Waals surface area (Å²) in [4.78, 5) is 16.7. The number of aromatic nitrogens is 3. The molecule has 0 radical (unpaired) electrons. The Kier molecular flexibility index (Phi) is 5.25. The van der Waals surface area contributed by atoms with Crippen LogP contribution >= 0.6 is 11.3 Å². The maximum absolute atomic E-state index is 12.8. The molecule has 2 aromatic heterocycles. The minimum atomic E-state index is -3.65. The van der Waals surface area contributed by atoms with Gasteiger partial charge in [0.1, 0.15) is 22.9 Å². The minimum absolute atomic E-state index is 0.266. The number of hydrogen-bond donors (Lipinski definition) is 1. The lowest BCUT2D eigenvalue weighted by molar-refractivity contribution is -0.119. The van der Waals surface area contributed by atoms with E-state index in [9.17, 15) is 13.2 Å². The van der Waals surface area contributed by atoms with E-state index in [1.807, 2.05) is 18.2 Å². The predicted molar refractivity (Wildman–Crippen MR) is 105 cm³/mol. The summed E-state index contributed by atoms with van der Waals surface area (Å²) in [5.41, 5.74) is 1.58. The van der Waals surface area contributed by atoms with Crippen molar-refractivity contribution >= 4 is 33.0 Å². The van der Waals surface area contributed by atoms with E-state index in [1.165, 1.54) is 10.6 Å². The molecule has 0 bridgehead atoms. The lowest BCUT2D eigenvalue weighted by Crippen LogP contribution is -2.42. The number of benzene rings is 1. The number of hydrogen-bond acceptors (Lipinski definition) is 6. The molecular weight excluding hydrogens is 398 g/mol. The highest BCUT2D eigenvalue weighted by atomic mass is 32.2. The average molecular weight is 418 g/mol. The van der Waals surface area contributed by atoms with Crippen molar-refractivity contribution in [2.75, 3.05) is 11.9 Å². The van der Waals surface area contributed by atoms with Gasteiger partial charge in [-0.3, -0.25) is 4.79 Å². The van der Waals surface area contributed by atoms with E-state index in [-0.39, 0.29) is 10.1 Å². The summed E-state index contributed by atoms with van der Waals surface area (Å²) in [5.74, 6) is -0.310. The predicted octanol–water partition coefficient (Wildman–Crippen LogP) is 2.18. The third-order valence-corrected chi connectivity index (χ3v) is 7.85. The van der Waals surface area contributed by atoms with Crippen LogP contribution < -0.4 is 5.32 Å². The van der Waals surface area contributed by atoms with Crippen LogP contribution in [-0.2, 0) is 21.4 Å². The Hall–Kier alpha value is -2.56. The molecule has 3 aromatic rings. The van der Waals surface area contributed by atoms with E-state index in [1.54, 1.807) is 34.6 Å². The van der Waals surface area contributed by atoms with Crippen LogP contribution in [0.15, 0.2) is 58.6 Å². The Bertz CT molecular complexity index is 1050. The number of nitrogens with zero attached hydrogens (tertiary/aromatic N) is 4. The molecule has 3 heterocycles. The Morgan fingerprint density at radius 1 is 1.29 bits per heavy atom. The molecule has 1 N–H and O–H groups in total. The van der Waals surface area contributed by atoms with E-state index in [0.29, 0.717) is 31.6 Å². The van der Waals surface area contributed by atoms with Crippen LogP contribution in [0.3, 0.4) is 0 Å². The summed E-state index contributed by atoms with van der Waals surface area (Å²) < 4.78 is 28.9. The topological polar surface area (TPSA) is 97.2 Å². The lowest BCUT2D eigenvalue weighted by atomic mass is 10.1. The normalized spacial score (nSPS) is 17.6. The van der Waals surface area contributed by atoms with Crippen LogP contribution in [-0.4, -0.2) is 46.0 Å². The fraction of sp³-hybridized carbons (Fsp3) is 0.278. The summed E-state index contributed by atoms with van der Waals surface area (Å²) in [6.45, 7) is 0.886. The van der Waals surface area contributed by atoms with Gasteiger partial charge >= 0.3 is 0 Å². The molecule has 1 unspecified atom stereocenters. The van der Waals surface area contributed by atoms with Crippen LogP contribution in [0.2, 0.25) is 0 Å². The van der Waals surface area contributed by atoms with Crippen LogP contribution in [0.4, 0.5) is 5.69 Å². The SMILES string of the molecule is O=C(Nc1cccc(Cn2cncn2)c1)C1CCCN1S(=O)(=O)c1cccs1. The molecule has 10 heteroatoms. The number of nitrogens with one attached hydrogen (secondary N) is 1. The fourth-order valence-corrected chi connectivity index (χ4v) is 6.07. The van der Waals surface area contributed by atoms with Gasteiger partial charge in [0.25, 0.3) is 10.0 Å². The van der Waals surface area contributed by atoms with Crippen molar-refractivity contribution in [2.45, 2.75) is 29.6 Å². The van der Waals surface area contributed by atoms with Crippen LogP contribution in [0, 0.1) is 0 Å². The number of amides is 1. The monoisotopic (exact) mass is 417 g/mol. The number of thiophene rings is 1. The van der Waals surface area contributed by atoms with Crippen molar-refractivity contribution in [1.29, 1.82) is 0 Å². The van der Waals surface area contributed by atoms with Gasteiger partial charge < -0.3 is 5.32 Å². The van der Waals surface area contributed by atoms with Crippen molar-refractivity contribution in [1.82, 2.24) is 19.1 Å². The highest BCUT2D eigenvalue weighted by Gasteiger charge is 2.39. The van der Waals surface area contributed by atoms with Gasteiger partial charge in [0.15, 0.2) is 0 Å². The molecule has 4 rings (SSSR count). The molecule has 28 heavy (non-hydrogen) atoms. The van der Waals surface area contributed by atoms with Gasteiger partial charge in [0, 0.05) is 12.2 Å². The summed E-state index contributed by atoms with van der Waals surface area (Å²) in [6, 6.07) is 9.98. The van der Waals surface area contributed by atoms with Gasteiger partial charge in [0.2, 0.25) is 5.91 Å². The smallest absolute Gasteiger partial charge is 0.253 e. The second-order valence-corrected chi connectivity index (χ2v) is 9.55. The fourth-order valence-electron chi connectivity index (χ4n) is 3.29. The van der Waals surface area contributed by atoms with E-state index >= 15 is 0 Å². The molecule has 1 saturated heterocycles. The van der Waals surface area contributed by atoms with Gasteiger partial charge in [0.05, 0.1) is 6.54 Å². The Labute approximate surface area is 166 Å². The summed E-state index contributed by atoms with van der Waals surface area (Å²) in [5, 5.41) is 8.66. The van der Waals surface area contributed by atoms with Gasteiger partial charge in [-0.05, 0) is 42.0 Å². The molecule has 1 amide bonds. The molecule has 1 atom stereocenters. The van der Waals surface area contributed by atoms with E-state index < -0.39 is 16.1 Å². The molecule has 146 valence electrons. The second-order valence-electron chi connectivity index (χ2n) is 6.49. The second kappa shape index (κ2) is 7.82. The molecule has 8 nitrogen and oxygen atoms in total. The lowest BCUT2D eigenvalue weighted by Gasteiger charge is -2.22. The number of carbonyl (C=O) groups excluding carboxylic acids is 1. The van der Waals surface area contributed by atoms with Crippen LogP contribution in [0.1, 0.15) is 18.4 Å². The quantitative estimate of drug-likeness (QED) is 0.663. The van der Waals surface area contributed by atoms with Crippen molar-refractivity contribution in [3.63, 3.8) is 0 Å². The van der Waals surface area contributed by atoms with Crippen molar-refractivity contribution in [3.05, 3.63) is 60.0 Å². The molecule has 1 aliphatic heterocycles. The molecule has 0 aliphatic carbocycles. The largest absolute Gasteiger partial charge is 0.325 e. The molecule has 0 spiro atoms. The zero-order valence-electron chi connectivity index (χ0n) is 14.9. The molecule has 1 fully saturated rings. The zero-order chi connectivity index (χ0) is 19.6. The first-order valence-corrected chi connectivity index (χ1v) is 11.1. The van der Waals surface area contributed by atoms with E-state index in [0.717, 1.165) is 16.9 Å². The maximum atomic E-state index is 12.8. The standard InChI is InChI=1S/C18H19N5O3S2/c24-18(16-6-2-8-23(16)28(25,26)17-7-3-9-27-17)21-15-5-1-4-14(10-15)11-22-13-19-12-20-22/h1,3-5,7,9-10,12-13,16H,2,6,8,11H2,(H,21,24). The highest BCUT2D eigenvalue weighted by molar-refractivity contribution is 7.91. The third kappa shape index (κ3) is 3.84. The summed E-state index contributed by atoms with van der Waals surface area (Å²) in [6.07, 6.45) is 4.26. The number of rotatable bonds is 6. The van der Waals surface area contributed by atoms with Crippen LogP contribution in [0.5, 0.6) is 0 Å². The van der Waals surface area contributed by atoms with Gasteiger partial charge in [-0.1, -0.05) is 18.2 Å². The molecule has 1 aliphatic rings. The Balaban J connectivity index is 1.49. The Morgan fingerprint density at radius 2 is 2.18 bits per heavy atom. The number of carbonyl (C=O) groups is 1. The Morgan fingerprint density at radius 3 is 2.93 bits per heavy atom. The third-order valence-electron chi connectivity index (χ3n) is 4.57. The summed E-state index contributed by atoms with van der Waals surface area (Å²) in [7, 11) is -3.65. The number of sulfonamides is 1. The van der Waals surface area contributed by atoms with Crippen molar-refractivity contribution in [3.8, 4) is 0 Å². The van der Waals surface area contributed by atoms with Crippen molar-refractivity contribution < 1.29 is 13.2 Å². The van der Waals surface area contributed by atoms with Gasteiger partial charge in [-0.25, -0.2) is 18.1 Å². The number of anilines is 1. The van der Waals surface area contributed by atoms with Crippen molar-refractivity contribution in [2.24, 2.45) is 0 Å². The summed E-state index contributed by atoms with van der Waals surface area (Å²) >= 11 is 1.16. The van der Waals surface area contributed by atoms with E-state index in [2.05, 4.69) is 15.4 Å². The first-order chi connectivity index (χ1) is 13.5. The minimum Gasteiger partial charge on any atom is -0.325 e. The molecule has 1 aromatic carbocycles. The van der Waals surface area contributed by atoms with Crippen LogP contribution in [0.25, 0.3) is 0 Å². The maximum Gasteiger partial charge on any atom is 0.253 e. The first kappa shape index (κ1) is 18.8.